The summed E-state index contributed by atoms with van der Waals surface area (Å²) in [5.74, 6) is 0.658. The van der Waals surface area contributed by atoms with Crippen LogP contribution in [0.4, 0.5) is 0 Å². The van der Waals surface area contributed by atoms with E-state index in [9.17, 15) is 5.11 Å². The zero-order chi connectivity index (χ0) is 14.0. The highest BCUT2D eigenvalue weighted by molar-refractivity contribution is 9.11. The largest absolute Gasteiger partial charge is 0.496 e. The molecule has 19 heavy (non-hydrogen) atoms. The summed E-state index contributed by atoms with van der Waals surface area (Å²) in [4.78, 5) is 0. The van der Waals surface area contributed by atoms with Crippen molar-refractivity contribution in [1.82, 2.24) is 0 Å². The Morgan fingerprint density at radius 1 is 0.947 bits per heavy atom. The van der Waals surface area contributed by atoms with E-state index >= 15 is 0 Å². The van der Waals surface area contributed by atoms with Crippen molar-refractivity contribution in [1.29, 1.82) is 0 Å². The molecule has 0 aliphatic rings. The first-order valence-electron chi connectivity index (χ1n) is 5.49. The minimum absolute atomic E-state index is 0.658. The Hall–Kier alpha value is -0.360. The highest BCUT2D eigenvalue weighted by atomic mass is 79.9. The van der Waals surface area contributed by atoms with Crippen molar-refractivity contribution in [3.63, 3.8) is 0 Å². The van der Waals surface area contributed by atoms with Crippen molar-refractivity contribution in [3.05, 3.63) is 60.9 Å². The Balaban J connectivity index is 2.49. The molecule has 0 aliphatic heterocycles. The normalized spacial score (nSPS) is 12.3. The number of benzene rings is 2. The first-order chi connectivity index (χ1) is 9.02. The van der Waals surface area contributed by atoms with Crippen molar-refractivity contribution < 1.29 is 9.84 Å². The van der Waals surface area contributed by atoms with Gasteiger partial charge in [0.1, 0.15) is 11.9 Å². The fourth-order valence-corrected chi connectivity index (χ4v) is 3.45. The minimum atomic E-state index is -0.755. The smallest absolute Gasteiger partial charge is 0.125 e. The quantitative estimate of drug-likeness (QED) is 0.708. The van der Waals surface area contributed by atoms with E-state index in [2.05, 4.69) is 47.8 Å². The molecule has 0 aromatic heterocycles. The lowest BCUT2D eigenvalue weighted by Crippen LogP contribution is -2.03. The molecule has 2 rings (SSSR count). The maximum Gasteiger partial charge on any atom is 0.125 e. The van der Waals surface area contributed by atoms with Crippen LogP contribution in [0.15, 0.2) is 49.8 Å². The molecule has 1 N–H and O–H groups in total. The Kier molecular flexibility index (Phi) is 5.06. The highest BCUT2D eigenvalue weighted by Crippen LogP contribution is 2.36. The topological polar surface area (TPSA) is 29.5 Å². The monoisotopic (exact) mass is 448 g/mol. The summed E-state index contributed by atoms with van der Waals surface area (Å²) >= 11 is 10.3. The molecule has 0 radical (unpaired) electrons. The van der Waals surface area contributed by atoms with E-state index in [4.69, 9.17) is 4.74 Å². The number of halogens is 3. The predicted molar refractivity (Wildman–Crippen MR) is 86.6 cm³/mol. The Morgan fingerprint density at radius 3 is 2.21 bits per heavy atom. The van der Waals surface area contributed by atoms with Gasteiger partial charge in [-0.15, -0.1) is 0 Å². The number of rotatable bonds is 3. The molecule has 2 aromatic rings. The molecule has 0 spiro atoms. The van der Waals surface area contributed by atoms with Crippen LogP contribution in [0.3, 0.4) is 0 Å². The molecule has 0 amide bonds. The summed E-state index contributed by atoms with van der Waals surface area (Å²) in [6.45, 7) is 0. The van der Waals surface area contributed by atoms with E-state index in [1.54, 1.807) is 7.11 Å². The average molecular weight is 451 g/mol. The number of hydrogen-bond acceptors (Lipinski definition) is 2. The van der Waals surface area contributed by atoms with Gasteiger partial charge < -0.3 is 9.84 Å². The second-order valence-electron chi connectivity index (χ2n) is 3.95. The molecule has 0 fully saturated rings. The van der Waals surface area contributed by atoms with E-state index in [0.29, 0.717) is 5.75 Å². The second-order valence-corrected chi connectivity index (χ2v) is 6.64. The number of methoxy groups -OCH3 is 1. The van der Waals surface area contributed by atoms with Crippen LogP contribution in [0.1, 0.15) is 17.2 Å². The van der Waals surface area contributed by atoms with Crippen LogP contribution in [-0.4, -0.2) is 12.2 Å². The van der Waals surface area contributed by atoms with Crippen LogP contribution in [0.2, 0.25) is 0 Å². The van der Waals surface area contributed by atoms with Gasteiger partial charge in [0.05, 0.1) is 7.11 Å². The van der Waals surface area contributed by atoms with E-state index in [1.807, 2.05) is 36.4 Å². The van der Waals surface area contributed by atoms with Gasteiger partial charge >= 0.3 is 0 Å². The molecule has 0 saturated carbocycles. The number of hydrogen-bond donors (Lipinski definition) is 1. The zero-order valence-electron chi connectivity index (χ0n) is 10.0. The van der Waals surface area contributed by atoms with Crippen molar-refractivity contribution in [2.45, 2.75) is 6.10 Å². The molecular formula is C14H11Br3O2. The molecule has 0 aliphatic carbocycles. The first-order valence-corrected chi connectivity index (χ1v) is 7.87. The third-order valence-corrected chi connectivity index (χ3v) is 4.42. The maximum absolute atomic E-state index is 10.6. The fraction of sp³-hybridized carbons (Fsp3) is 0.143. The van der Waals surface area contributed by atoms with Gasteiger partial charge in [-0.1, -0.05) is 53.9 Å². The molecule has 5 heteroatoms. The number of aliphatic hydroxyl groups excluding tert-OH is 1. The van der Waals surface area contributed by atoms with Crippen LogP contribution < -0.4 is 4.74 Å². The van der Waals surface area contributed by atoms with Gasteiger partial charge in [0.15, 0.2) is 0 Å². The van der Waals surface area contributed by atoms with Gasteiger partial charge in [0.2, 0.25) is 0 Å². The standard InChI is InChI=1S/C14H11Br3O2/c1-19-13-5-3-8(15)6-11(13)14(18)10-4-2-9(16)7-12(10)17/h2-7,14,18H,1H3. The van der Waals surface area contributed by atoms with Crippen molar-refractivity contribution >= 4 is 47.8 Å². The van der Waals surface area contributed by atoms with Gasteiger partial charge in [-0.2, -0.15) is 0 Å². The molecule has 2 nitrogen and oxygen atoms in total. The Morgan fingerprint density at radius 2 is 1.58 bits per heavy atom. The van der Waals surface area contributed by atoms with E-state index in [1.165, 1.54) is 0 Å². The lowest BCUT2D eigenvalue weighted by molar-refractivity contribution is 0.214. The van der Waals surface area contributed by atoms with E-state index in [0.717, 1.165) is 24.5 Å². The molecule has 0 bridgehead atoms. The van der Waals surface area contributed by atoms with E-state index < -0.39 is 6.10 Å². The molecule has 100 valence electrons. The van der Waals surface area contributed by atoms with Gasteiger partial charge in [-0.05, 0) is 35.9 Å². The summed E-state index contributed by atoms with van der Waals surface area (Å²) in [5, 5.41) is 10.6. The average Bonchev–Trinajstić information content (AvgIpc) is 2.38. The van der Waals surface area contributed by atoms with Crippen molar-refractivity contribution in [2.75, 3.05) is 7.11 Å². The van der Waals surface area contributed by atoms with E-state index in [-0.39, 0.29) is 0 Å². The molecule has 0 saturated heterocycles. The third kappa shape index (κ3) is 3.40. The Bertz CT molecular complexity index is 599. The zero-order valence-corrected chi connectivity index (χ0v) is 14.8. The summed E-state index contributed by atoms with van der Waals surface area (Å²) in [7, 11) is 1.59. The predicted octanol–water partition coefficient (Wildman–Crippen LogP) is 5.06. The second kappa shape index (κ2) is 6.39. The van der Waals surface area contributed by atoms with Crippen LogP contribution >= 0.6 is 47.8 Å². The number of aliphatic hydroxyl groups is 1. The third-order valence-electron chi connectivity index (χ3n) is 2.74. The maximum atomic E-state index is 10.6. The Labute approximate surface area is 137 Å². The minimum Gasteiger partial charge on any atom is -0.496 e. The van der Waals surface area contributed by atoms with Gasteiger partial charge in [-0.3, -0.25) is 0 Å². The molecule has 1 atom stereocenters. The first kappa shape index (κ1) is 15.0. The van der Waals surface area contributed by atoms with Gasteiger partial charge in [0, 0.05) is 19.0 Å². The summed E-state index contributed by atoms with van der Waals surface area (Å²) in [6, 6.07) is 11.2. The van der Waals surface area contributed by atoms with Gasteiger partial charge in [0.25, 0.3) is 0 Å². The number of ether oxygens (including phenoxy) is 1. The van der Waals surface area contributed by atoms with Crippen LogP contribution in [0, 0.1) is 0 Å². The molecule has 2 aromatic carbocycles. The lowest BCUT2D eigenvalue weighted by atomic mass is 10.0. The SMILES string of the molecule is COc1ccc(Br)cc1C(O)c1ccc(Br)cc1Br. The molecule has 0 heterocycles. The lowest BCUT2D eigenvalue weighted by Gasteiger charge is -2.17. The molecular weight excluding hydrogens is 440 g/mol. The van der Waals surface area contributed by atoms with Crippen LogP contribution in [0.25, 0.3) is 0 Å². The fourth-order valence-electron chi connectivity index (χ4n) is 1.81. The summed E-state index contributed by atoms with van der Waals surface area (Å²) in [5.41, 5.74) is 1.51. The van der Waals surface area contributed by atoms with Crippen molar-refractivity contribution in [3.8, 4) is 5.75 Å². The molecule has 1 unspecified atom stereocenters. The summed E-state index contributed by atoms with van der Waals surface area (Å²) < 4.78 is 8.00. The van der Waals surface area contributed by atoms with Crippen LogP contribution in [-0.2, 0) is 0 Å². The van der Waals surface area contributed by atoms with Crippen molar-refractivity contribution in [2.24, 2.45) is 0 Å². The summed E-state index contributed by atoms with van der Waals surface area (Å²) in [6.07, 6.45) is -0.755. The highest BCUT2D eigenvalue weighted by Gasteiger charge is 2.18. The van der Waals surface area contributed by atoms with Gasteiger partial charge in [-0.25, -0.2) is 0 Å². The van der Waals surface area contributed by atoms with Crippen LogP contribution in [0.5, 0.6) is 5.75 Å².